The van der Waals surface area contributed by atoms with Gasteiger partial charge in [0.05, 0.1) is 12.8 Å². The maximum Gasteiger partial charge on any atom is 0.216 e. The molecule has 5 nitrogen and oxygen atoms in total. The molecule has 0 saturated carbocycles. The summed E-state index contributed by atoms with van der Waals surface area (Å²) in [6.45, 7) is 6.75. The van der Waals surface area contributed by atoms with Crippen LogP contribution in [0.2, 0.25) is 0 Å². The number of rotatable bonds is 5. The molecule has 20 heavy (non-hydrogen) atoms. The topological polar surface area (TPSA) is 55.2 Å². The summed E-state index contributed by atoms with van der Waals surface area (Å²) in [5.74, 6) is 2.01. The van der Waals surface area contributed by atoms with Crippen LogP contribution in [0.3, 0.4) is 0 Å². The second kappa shape index (κ2) is 6.47. The highest BCUT2D eigenvalue weighted by Gasteiger charge is 2.03. The van der Waals surface area contributed by atoms with Crippen molar-refractivity contribution in [3.63, 3.8) is 0 Å². The van der Waals surface area contributed by atoms with E-state index in [1.54, 1.807) is 10.9 Å². The van der Waals surface area contributed by atoms with Gasteiger partial charge in [-0.1, -0.05) is 26.0 Å². The Kier molecular flexibility index (Phi) is 4.68. The van der Waals surface area contributed by atoms with Gasteiger partial charge in [-0.25, -0.2) is 0 Å². The number of H-pyrrole nitrogens is 1. The minimum Gasteiger partial charge on any atom is -0.493 e. The molecule has 0 radical (unpaired) electrons. The average molecular weight is 290 g/mol. The molecule has 1 heterocycles. The summed E-state index contributed by atoms with van der Waals surface area (Å²) in [6.07, 6.45) is 1.73. The van der Waals surface area contributed by atoms with Crippen molar-refractivity contribution in [1.29, 1.82) is 0 Å². The second-order valence-corrected chi connectivity index (χ2v) is 5.26. The van der Waals surface area contributed by atoms with E-state index in [9.17, 15) is 0 Å². The summed E-state index contributed by atoms with van der Waals surface area (Å²) in [7, 11) is 0. The van der Waals surface area contributed by atoms with Crippen molar-refractivity contribution < 1.29 is 4.74 Å². The third kappa shape index (κ3) is 3.54. The Labute approximate surface area is 123 Å². The van der Waals surface area contributed by atoms with E-state index in [1.807, 2.05) is 31.2 Å². The molecule has 1 N–H and O–H groups in total. The van der Waals surface area contributed by atoms with Crippen LogP contribution in [0, 0.1) is 17.6 Å². The summed E-state index contributed by atoms with van der Waals surface area (Å²) in [5.41, 5.74) is 0.913. The predicted octanol–water partition coefficient (Wildman–Crippen LogP) is 3.17. The van der Waals surface area contributed by atoms with E-state index in [4.69, 9.17) is 17.0 Å². The van der Waals surface area contributed by atoms with E-state index in [0.717, 1.165) is 11.3 Å². The lowest BCUT2D eigenvalue weighted by Gasteiger charge is -2.10. The first kappa shape index (κ1) is 14.5. The number of benzene rings is 1. The quantitative estimate of drug-likeness (QED) is 0.680. The maximum absolute atomic E-state index is 5.78. The highest BCUT2D eigenvalue weighted by atomic mass is 32.1. The Morgan fingerprint density at radius 1 is 1.45 bits per heavy atom. The lowest BCUT2D eigenvalue weighted by Crippen LogP contribution is -2.06. The third-order valence-electron chi connectivity index (χ3n) is 2.62. The van der Waals surface area contributed by atoms with Crippen molar-refractivity contribution >= 4 is 18.4 Å². The fraction of sp³-hybridized carbons (Fsp3) is 0.357. The van der Waals surface area contributed by atoms with Gasteiger partial charge in [-0.3, -0.25) is 5.10 Å². The van der Waals surface area contributed by atoms with Gasteiger partial charge in [0.25, 0.3) is 0 Å². The van der Waals surface area contributed by atoms with E-state index in [1.165, 1.54) is 0 Å². The van der Waals surface area contributed by atoms with E-state index in [-0.39, 0.29) is 0 Å². The Balaban J connectivity index is 2.23. The Morgan fingerprint density at radius 2 is 2.20 bits per heavy atom. The number of aryl methyl sites for hydroxylation is 1. The van der Waals surface area contributed by atoms with Crippen LogP contribution >= 0.6 is 12.2 Å². The molecular weight excluding hydrogens is 272 g/mol. The van der Waals surface area contributed by atoms with Crippen LogP contribution in [0.1, 0.15) is 25.2 Å². The first-order valence-corrected chi connectivity index (χ1v) is 6.89. The highest BCUT2D eigenvalue weighted by molar-refractivity contribution is 7.71. The van der Waals surface area contributed by atoms with Crippen molar-refractivity contribution in [3.8, 4) is 5.75 Å². The minimum absolute atomic E-state index is 0.472. The fourth-order valence-corrected chi connectivity index (χ4v) is 1.83. The molecule has 2 aromatic rings. The molecule has 0 fully saturated rings. The molecule has 0 unspecified atom stereocenters. The minimum atomic E-state index is 0.472. The Morgan fingerprint density at radius 3 is 2.85 bits per heavy atom. The molecular formula is C14H18N4OS. The molecule has 1 aromatic carbocycles. The van der Waals surface area contributed by atoms with Gasteiger partial charge < -0.3 is 4.74 Å². The zero-order chi connectivity index (χ0) is 14.5. The van der Waals surface area contributed by atoms with E-state index in [0.29, 0.717) is 23.1 Å². The third-order valence-corrected chi connectivity index (χ3v) is 2.88. The molecule has 2 rings (SSSR count). The van der Waals surface area contributed by atoms with Crippen LogP contribution < -0.4 is 4.74 Å². The zero-order valence-electron chi connectivity index (χ0n) is 11.8. The van der Waals surface area contributed by atoms with E-state index < -0.39 is 0 Å². The summed E-state index contributed by atoms with van der Waals surface area (Å²) < 4.78 is 7.83. The number of aromatic amines is 1. The summed E-state index contributed by atoms with van der Waals surface area (Å²) in [5, 5.41) is 11.0. The van der Waals surface area contributed by atoms with Gasteiger partial charge in [-0.05, 0) is 37.2 Å². The number of aromatic nitrogens is 3. The largest absolute Gasteiger partial charge is 0.493 e. The van der Waals surface area contributed by atoms with Crippen molar-refractivity contribution in [2.75, 3.05) is 6.61 Å². The van der Waals surface area contributed by atoms with Crippen molar-refractivity contribution in [2.24, 2.45) is 11.0 Å². The van der Waals surface area contributed by atoms with Gasteiger partial charge in [0, 0.05) is 5.56 Å². The second-order valence-electron chi connectivity index (χ2n) is 4.88. The Bertz CT molecular complexity index is 657. The van der Waals surface area contributed by atoms with Crippen LogP contribution in [-0.2, 0) is 0 Å². The molecule has 0 saturated heterocycles. The van der Waals surface area contributed by atoms with Crippen LogP contribution in [-0.4, -0.2) is 27.7 Å². The summed E-state index contributed by atoms with van der Waals surface area (Å²) in [6, 6.07) is 7.79. The van der Waals surface area contributed by atoms with Gasteiger partial charge in [0.15, 0.2) is 0 Å². The molecule has 6 heteroatoms. The molecule has 0 amide bonds. The van der Waals surface area contributed by atoms with Crippen LogP contribution in [0.15, 0.2) is 29.4 Å². The van der Waals surface area contributed by atoms with Crippen LogP contribution in [0.4, 0.5) is 0 Å². The van der Waals surface area contributed by atoms with Gasteiger partial charge in [0.2, 0.25) is 4.77 Å². The average Bonchev–Trinajstić information content (AvgIpc) is 2.74. The van der Waals surface area contributed by atoms with Gasteiger partial charge in [-0.15, -0.1) is 0 Å². The molecule has 1 aromatic heterocycles. The Hall–Kier alpha value is -1.95. The maximum atomic E-state index is 5.78. The molecule has 0 aliphatic rings. The highest BCUT2D eigenvalue weighted by Crippen LogP contribution is 2.17. The molecule has 106 valence electrons. The lowest BCUT2D eigenvalue weighted by atomic mass is 10.2. The van der Waals surface area contributed by atoms with Crippen molar-refractivity contribution in [1.82, 2.24) is 14.9 Å². The molecule has 0 aliphatic heterocycles. The number of para-hydroxylation sites is 1. The fourth-order valence-electron chi connectivity index (χ4n) is 1.60. The summed E-state index contributed by atoms with van der Waals surface area (Å²) in [4.78, 5) is 0. The molecule has 0 atom stereocenters. The number of nitrogens with zero attached hydrogens (tertiary/aromatic N) is 3. The van der Waals surface area contributed by atoms with Crippen molar-refractivity contribution in [3.05, 3.63) is 40.4 Å². The zero-order valence-corrected chi connectivity index (χ0v) is 12.6. The van der Waals surface area contributed by atoms with Crippen LogP contribution in [0.5, 0.6) is 5.75 Å². The monoisotopic (exact) mass is 290 g/mol. The number of hydrogen-bond acceptors (Lipinski definition) is 4. The molecule has 0 spiro atoms. The van der Waals surface area contributed by atoms with Crippen molar-refractivity contribution in [2.45, 2.75) is 20.8 Å². The first-order chi connectivity index (χ1) is 9.58. The standard InChI is InChI=1S/C14H18N4OS/c1-10(2)9-19-13-7-5-4-6-12(13)8-15-18-11(3)16-17-14(18)20/h4-8,10H,9H2,1-3H3,(H,17,20)/b15-8-. The SMILES string of the molecule is Cc1n[nH]c(=S)n1/N=C\c1ccccc1OCC(C)C. The van der Waals surface area contributed by atoms with E-state index >= 15 is 0 Å². The lowest BCUT2D eigenvalue weighted by molar-refractivity contribution is 0.270. The van der Waals surface area contributed by atoms with Crippen LogP contribution in [0.25, 0.3) is 0 Å². The smallest absolute Gasteiger partial charge is 0.216 e. The predicted molar refractivity (Wildman–Crippen MR) is 81.9 cm³/mol. The van der Waals surface area contributed by atoms with E-state index in [2.05, 4.69) is 29.1 Å². The molecule has 0 bridgehead atoms. The molecule has 0 aliphatic carbocycles. The van der Waals surface area contributed by atoms with Gasteiger partial charge >= 0.3 is 0 Å². The van der Waals surface area contributed by atoms with Gasteiger partial charge in [-0.2, -0.15) is 14.9 Å². The number of hydrogen-bond donors (Lipinski definition) is 1. The number of nitrogens with one attached hydrogen (secondary N) is 1. The van der Waals surface area contributed by atoms with Gasteiger partial charge in [0.1, 0.15) is 11.6 Å². The number of ether oxygens (including phenoxy) is 1. The normalized spacial score (nSPS) is 11.4. The first-order valence-electron chi connectivity index (χ1n) is 6.48. The summed E-state index contributed by atoms with van der Waals surface area (Å²) >= 11 is 5.11.